The molecule has 0 aliphatic carbocycles. The normalized spacial score (nSPS) is 19.6. The molecule has 3 heteroatoms. The Labute approximate surface area is 111 Å². The van der Waals surface area contributed by atoms with E-state index in [1.807, 2.05) is 0 Å². The largest absolute Gasteiger partial charge is 0.381 e. The molecule has 0 spiro atoms. The predicted molar refractivity (Wildman–Crippen MR) is 74.2 cm³/mol. The Balaban J connectivity index is 1.91. The third-order valence-corrected chi connectivity index (χ3v) is 3.95. The van der Waals surface area contributed by atoms with Gasteiger partial charge in [0.05, 0.1) is 0 Å². The summed E-state index contributed by atoms with van der Waals surface area (Å²) in [5.41, 5.74) is 7.49. The third kappa shape index (κ3) is 3.43. The lowest BCUT2D eigenvalue weighted by Crippen LogP contribution is -2.21. The van der Waals surface area contributed by atoms with Gasteiger partial charge in [0.2, 0.25) is 0 Å². The van der Waals surface area contributed by atoms with Crippen LogP contribution in [0.25, 0.3) is 0 Å². The first-order valence-corrected chi connectivity index (χ1v) is 6.92. The molecular weight excluding hydrogens is 313 g/mol. The highest BCUT2D eigenvalue weighted by atomic mass is 127. The maximum absolute atomic E-state index is 6.23. The van der Waals surface area contributed by atoms with Crippen LogP contribution in [0.2, 0.25) is 0 Å². The number of hydrogen-bond acceptors (Lipinski definition) is 2. The van der Waals surface area contributed by atoms with Crippen molar-refractivity contribution in [1.82, 2.24) is 0 Å². The second-order valence-electron chi connectivity index (χ2n) is 4.45. The molecule has 1 atom stereocenters. The summed E-state index contributed by atoms with van der Waals surface area (Å²) in [4.78, 5) is 0. The first-order chi connectivity index (χ1) is 7.75. The fourth-order valence-electron chi connectivity index (χ4n) is 2.19. The van der Waals surface area contributed by atoms with E-state index in [0.29, 0.717) is 0 Å². The van der Waals surface area contributed by atoms with Gasteiger partial charge in [-0.3, -0.25) is 0 Å². The summed E-state index contributed by atoms with van der Waals surface area (Å²) in [6.07, 6.45) is 3.42. The van der Waals surface area contributed by atoms with Crippen LogP contribution in [0, 0.1) is 9.49 Å². The highest BCUT2D eigenvalue weighted by Crippen LogP contribution is 2.26. The maximum Gasteiger partial charge on any atom is 0.0468 e. The van der Waals surface area contributed by atoms with E-state index < -0.39 is 0 Å². The maximum atomic E-state index is 6.23. The monoisotopic (exact) mass is 331 g/mol. The second-order valence-corrected chi connectivity index (χ2v) is 5.70. The van der Waals surface area contributed by atoms with Crippen LogP contribution in [0.3, 0.4) is 0 Å². The van der Waals surface area contributed by atoms with Crippen LogP contribution >= 0.6 is 22.6 Å². The molecule has 2 nitrogen and oxygen atoms in total. The molecule has 2 N–H and O–H groups in total. The van der Waals surface area contributed by atoms with E-state index in [0.717, 1.165) is 38.4 Å². The summed E-state index contributed by atoms with van der Waals surface area (Å²) in [5, 5.41) is 0. The Hall–Kier alpha value is -0.130. The molecular formula is C13H18INO. The van der Waals surface area contributed by atoms with Crippen LogP contribution in [0.5, 0.6) is 0 Å². The quantitative estimate of drug-likeness (QED) is 0.864. The Kier molecular flexibility index (Phi) is 4.61. The van der Waals surface area contributed by atoms with E-state index in [4.69, 9.17) is 10.5 Å². The first-order valence-electron chi connectivity index (χ1n) is 5.84. The van der Waals surface area contributed by atoms with Gasteiger partial charge >= 0.3 is 0 Å². The van der Waals surface area contributed by atoms with E-state index in [1.165, 1.54) is 9.13 Å². The molecule has 0 aromatic heterocycles. The highest BCUT2D eigenvalue weighted by Gasteiger charge is 2.17. The van der Waals surface area contributed by atoms with Gasteiger partial charge in [0.1, 0.15) is 0 Å². The minimum Gasteiger partial charge on any atom is -0.381 e. The summed E-state index contributed by atoms with van der Waals surface area (Å²) >= 11 is 2.32. The Bertz CT molecular complexity index is 319. The minimum absolute atomic E-state index is 0.181. The number of hydrogen-bond donors (Lipinski definition) is 1. The molecule has 0 radical (unpaired) electrons. The smallest absolute Gasteiger partial charge is 0.0468 e. The average Bonchev–Trinajstić information content (AvgIpc) is 2.31. The topological polar surface area (TPSA) is 35.2 Å². The van der Waals surface area contributed by atoms with Gasteiger partial charge in [-0.15, -0.1) is 0 Å². The summed E-state index contributed by atoms with van der Waals surface area (Å²) in [5.74, 6) is 0.739. The van der Waals surface area contributed by atoms with Gasteiger partial charge in [0, 0.05) is 22.8 Å². The van der Waals surface area contributed by atoms with Gasteiger partial charge in [-0.1, -0.05) is 12.1 Å². The molecule has 1 fully saturated rings. The van der Waals surface area contributed by atoms with Crippen molar-refractivity contribution in [3.8, 4) is 0 Å². The van der Waals surface area contributed by atoms with E-state index in [-0.39, 0.29) is 6.04 Å². The number of benzene rings is 1. The SMILES string of the molecule is NC(CC1CCOCC1)c1ccc(I)cc1. The van der Waals surface area contributed by atoms with Gasteiger partial charge in [0.15, 0.2) is 0 Å². The summed E-state index contributed by atoms with van der Waals surface area (Å²) in [7, 11) is 0. The molecule has 1 aliphatic rings. The van der Waals surface area contributed by atoms with Crippen molar-refractivity contribution in [2.24, 2.45) is 11.7 Å². The molecule has 0 saturated carbocycles. The van der Waals surface area contributed by atoms with Crippen molar-refractivity contribution in [3.63, 3.8) is 0 Å². The molecule has 1 aromatic carbocycles. The van der Waals surface area contributed by atoms with E-state index in [1.54, 1.807) is 0 Å². The van der Waals surface area contributed by atoms with Crippen LogP contribution in [0.15, 0.2) is 24.3 Å². The van der Waals surface area contributed by atoms with Gasteiger partial charge in [-0.2, -0.15) is 0 Å². The van der Waals surface area contributed by atoms with Gasteiger partial charge < -0.3 is 10.5 Å². The van der Waals surface area contributed by atoms with Crippen LogP contribution in [0.1, 0.15) is 30.9 Å². The zero-order valence-corrected chi connectivity index (χ0v) is 11.5. The average molecular weight is 331 g/mol. The standard InChI is InChI=1S/C13H18INO/c14-12-3-1-11(2-4-12)13(15)9-10-5-7-16-8-6-10/h1-4,10,13H,5-9,15H2. The van der Waals surface area contributed by atoms with Gasteiger partial charge in [-0.25, -0.2) is 0 Å². The van der Waals surface area contributed by atoms with Crippen LogP contribution in [-0.2, 0) is 4.74 Å². The number of rotatable bonds is 3. The lowest BCUT2D eigenvalue weighted by Gasteiger charge is -2.25. The zero-order valence-electron chi connectivity index (χ0n) is 9.36. The van der Waals surface area contributed by atoms with Crippen molar-refractivity contribution < 1.29 is 4.74 Å². The van der Waals surface area contributed by atoms with Crippen molar-refractivity contribution in [1.29, 1.82) is 0 Å². The van der Waals surface area contributed by atoms with E-state index in [9.17, 15) is 0 Å². The van der Waals surface area contributed by atoms with Crippen molar-refractivity contribution >= 4 is 22.6 Å². The molecule has 0 bridgehead atoms. The number of ether oxygens (including phenoxy) is 1. The molecule has 1 aliphatic heterocycles. The summed E-state index contributed by atoms with van der Waals surface area (Å²) < 4.78 is 6.62. The van der Waals surface area contributed by atoms with Crippen molar-refractivity contribution in [2.75, 3.05) is 13.2 Å². The Morgan fingerprint density at radius 3 is 2.50 bits per heavy atom. The fraction of sp³-hybridized carbons (Fsp3) is 0.538. The van der Waals surface area contributed by atoms with Crippen molar-refractivity contribution in [3.05, 3.63) is 33.4 Å². The number of halogens is 1. The fourth-order valence-corrected chi connectivity index (χ4v) is 2.55. The number of nitrogens with two attached hydrogens (primary N) is 1. The van der Waals surface area contributed by atoms with E-state index >= 15 is 0 Å². The zero-order chi connectivity index (χ0) is 11.4. The second kappa shape index (κ2) is 5.98. The molecule has 0 amide bonds. The van der Waals surface area contributed by atoms with Gasteiger partial charge in [-0.05, 0) is 65.5 Å². The van der Waals surface area contributed by atoms with E-state index in [2.05, 4.69) is 46.9 Å². The Morgan fingerprint density at radius 2 is 1.88 bits per heavy atom. The molecule has 1 heterocycles. The summed E-state index contributed by atoms with van der Waals surface area (Å²) in [6, 6.07) is 8.72. The molecule has 88 valence electrons. The molecule has 16 heavy (non-hydrogen) atoms. The molecule has 1 saturated heterocycles. The van der Waals surface area contributed by atoms with Gasteiger partial charge in [0.25, 0.3) is 0 Å². The molecule has 1 unspecified atom stereocenters. The third-order valence-electron chi connectivity index (χ3n) is 3.23. The molecule has 1 aromatic rings. The first kappa shape index (κ1) is 12.3. The minimum atomic E-state index is 0.181. The molecule has 2 rings (SSSR count). The van der Waals surface area contributed by atoms with Crippen molar-refractivity contribution in [2.45, 2.75) is 25.3 Å². The highest BCUT2D eigenvalue weighted by molar-refractivity contribution is 14.1. The van der Waals surface area contributed by atoms with Crippen LogP contribution in [0.4, 0.5) is 0 Å². The van der Waals surface area contributed by atoms with Crippen LogP contribution < -0.4 is 5.73 Å². The van der Waals surface area contributed by atoms with Crippen LogP contribution in [-0.4, -0.2) is 13.2 Å². The lowest BCUT2D eigenvalue weighted by molar-refractivity contribution is 0.0618. The Morgan fingerprint density at radius 1 is 1.25 bits per heavy atom. The summed E-state index contributed by atoms with van der Waals surface area (Å²) in [6.45, 7) is 1.81. The predicted octanol–water partition coefficient (Wildman–Crippen LogP) is 3.11. The lowest BCUT2D eigenvalue weighted by atomic mass is 9.90.